The maximum Gasteiger partial charge on any atom is 0.262 e. The van der Waals surface area contributed by atoms with Crippen molar-refractivity contribution in [1.82, 2.24) is 10.2 Å². The Balaban J connectivity index is 2.39. The molecular formula is C16H18N2O4. The van der Waals surface area contributed by atoms with Gasteiger partial charge in [0.25, 0.3) is 11.8 Å². The van der Waals surface area contributed by atoms with E-state index in [1.807, 2.05) is 13.0 Å². The molecule has 1 fully saturated rings. The highest BCUT2D eigenvalue weighted by molar-refractivity contribution is 6.24. The normalized spacial score (nSPS) is 23.3. The van der Waals surface area contributed by atoms with Crippen LogP contribution >= 0.6 is 0 Å². The first-order valence-electron chi connectivity index (χ1n) is 7.17. The molecule has 2 rings (SSSR count). The fraction of sp³-hybridized carbons (Fsp3) is 0.375. The molecule has 22 heavy (non-hydrogen) atoms. The summed E-state index contributed by atoms with van der Waals surface area (Å²) >= 11 is 0. The number of imide groups is 2. The van der Waals surface area contributed by atoms with Crippen LogP contribution in [0.15, 0.2) is 35.5 Å². The van der Waals surface area contributed by atoms with Crippen LogP contribution in [0.5, 0.6) is 0 Å². The van der Waals surface area contributed by atoms with E-state index in [2.05, 4.69) is 11.9 Å². The maximum absolute atomic E-state index is 12.6. The first-order chi connectivity index (χ1) is 10.4. The molecule has 6 heteroatoms. The Morgan fingerprint density at radius 2 is 2.00 bits per heavy atom. The van der Waals surface area contributed by atoms with E-state index >= 15 is 0 Å². The lowest BCUT2D eigenvalue weighted by Gasteiger charge is -2.28. The third-order valence-electron chi connectivity index (χ3n) is 3.78. The Kier molecular flexibility index (Phi) is 4.40. The zero-order chi connectivity index (χ0) is 16.4. The number of nitrogens with zero attached hydrogens (tertiary/aromatic N) is 1. The number of piperidine rings is 1. The summed E-state index contributed by atoms with van der Waals surface area (Å²) in [6.45, 7) is 7.27. The molecular weight excluding hydrogens is 284 g/mol. The summed E-state index contributed by atoms with van der Waals surface area (Å²) in [4.78, 5) is 49.2. The van der Waals surface area contributed by atoms with Gasteiger partial charge in [-0.05, 0) is 25.3 Å². The molecule has 1 unspecified atom stereocenters. The third-order valence-corrected chi connectivity index (χ3v) is 3.78. The monoisotopic (exact) mass is 302 g/mol. The molecule has 0 bridgehead atoms. The zero-order valence-electron chi connectivity index (χ0n) is 12.6. The van der Waals surface area contributed by atoms with E-state index in [0.29, 0.717) is 5.57 Å². The highest BCUT2D eigenvalue weighted by atomic mass is 16.2. The van der Waals surface area contributed by atoms with Crippen LogP contribution in [0.3, 0.4) is 0 Å². The number of carbonyl (C=O) groups excluding carboxylic acids is 4. The van der Waals surface area contributed by atoms with Crippen LogP contribution in [0.25, 0.3) is 0 Å². The Morgan fingerprint density at radius 3 is 2.55 bits per heavy atom. The van der Waals surface area contributed by atoms with E-state index in [9.17, 15) is 19.2 Å². The predicted octanol–water partition coefficient (Wildman–Crippen LogP) is 0.999. The van der Waals surface area contributed by atoms with Crippen LogP contribution in [0.1, 0.15) is 33.1 Å². The van der Waals surface area contributed by atoms with E-state index in [1.54, 1.807) is 6.92 Å². The second-order valence-corrected chi connectivity index (χ2v) is 5.24. The Labute approximate surface area is 128 Å². The smallest absolute Gasteiger partial charge is 0.262 e. The van der Waals surface area contributed by atoms with Crippen molar-refractivity contribution in [1.29, 1.82) is 0 Å². The number of hydrogen-bond acceptors (Lipinski definition) is 4. The summed E-state index contributed by atoms with van der Waals surface area (Å²) in [6, 6.07) is -0.945. The maximum atomic E-state index is 12.6. The van der Waals surface area contributed by atoms with E-state index in [-0.39, 0.29) is 29.9 Å². The Hall–Kier alpha value is -2.50. The summed E-state index contributed by atoms with van der Waals surface area (Å²) in [5.74, 6) is -2.04. The molecule has 0 aromatic rings. The lowest BCUT2D eigenvalue weighted by molar-refractivity contribution is -0.149. The minimum atomic E-state index is -0.945. The molecule has 0 spiro atoms. The molecule has 0 radical (unpaired) electrons. The fourth-order valence-electron chi connectivity index (χ4n) is 2.75. The highest BCUT2D eigenvalue weighted by Gasteiger charge is 2.45. The number of nitrogens with one attached hydrogen (secondary N) is 1. The average Bonchev–Trinajstić information content (AvgIpc) is 2.70. The van der Waals surface area contributed by atoms with Crippen molar-refractivity contribution in [2.75, 3.05) is 0 Å². The van der Waals surface area contributed by atoms with Gasteiger partial charge in [-0.2, -0.15) is 0 Å². The van der Waals surface area contributed by atoms with Gasteiger partial charge < -0.3 is 0 Å². The molecule has 0 aromatic heterocycles. The lowest BCUT2D eigenvalue weighted by atomic mass is 10.0. The van der Waals surface area contributed by atoms with Crippen molar-refractivity contribution < 1.29 is 19.2 Å². The number of rotatable bonds is 4. The Bertz CT molecular complexity index is 643. The molecule has 1 saturated heterocycles. The first kappa shape index (κ1) is 15.9. The standard InChI is InChI=1S/C16H18N2O4/c1-4-6-9(3)13-10(5-2)15(21)18(16(13)22)11-7-8-12(19)17-14(11)20/h5-6,11H,2,4,7-8H2,1,3H3,(H,17,19,20)/b9-6-. The largest absolute Gasteiger partial charge is 0.295 e. The lowest BCUT2D eigenvalue weighted by Crippen LogP contribution is -2.54. The molecule has 116 valence electrons. The quantitative estimate of drug-likeness (QED) is 0.785. The van der Waals surface area contributed by atoms with E-state index in [0.717, 1.165) is 11.3 Å². The predicted molar refractivity (Wildman–Crippen MR) is 79.3 cm³/mol. The number of allylic oxidation sites excluding steroid dienone is 1. The van der Waals surface area contributed by atoms with Crippen molar-refractivity contribution in [2.24, 2.45) is 0 Å². The van der Waals surface area contributed by atoms with Crippen molar-refractivity contribution in [3.05, 3.63) is 35.5 Å². The van der Waals surface area contributed by atoms with Crippen molar-refractivity contribution >= 4 is 23.6 Å². The van der Waals surface area contributed by atoms with Gasteiger partial charge in [-0.1, -0.05) is 25.7 Å². The summed E-state index contributed by atoms with van der Waals surface area (Å²) in [7, 11) is 0. The zero-order valence-corrected chi connectivity index (χ0v) is 12.6. The van der Waals surface area contributed by atoms with Gasteiger partial charge in [0, 0.05) is 6.42 Å². The van der Waals surface area contributed by atoms with Gasteiger partial charge in [-0.25, -0.2) is 0 Å². The second-order valence-electron chi connectivity index (χ2n) is 5.24. The summed E-state index contributed by atoms with van der Waals surface area (Å²) in [6.07, 6.45) is 4.17. The van der Waals surface area contributed by atoms with E-state index in [4.69, 9.17) is 0 Å². The van der Waals surface area contributed by atoms with Gasteiger partial charge in [0.1, 0.15) is 6.04 Å². The van der Waals surface area contributed by atoms with Gasteiger partial charge in [-0.3, -0.25) is 29.4 Å². The molecule has 0 aliphatic carbocycles. The number of hydrogen-bond donors (Lipinski definition) is 1. The van der Waals surface area contributed by atoms with Gasteiger partial charge in [0.15, 0.2) is 0 Å². The Morgan fingerprint density at radius 1 is 1.32 bits per heavy atom. The molecule has 2 heterocycles. The SMILES string of the molecule is C=CC1=C(/C(C)=C\CC)C(=O)N(C2CCC(=O)NC2=O)C1=O. The van der Waals surface area contributed by atoms with Crippen LogP contribution < -0.4 is 5.32 Å². The van der Waals surface area contributed by atoms with Crippen LogP contribution in [-0.2, 0) is 19.2 Å². The van der Waals surface area contributed by atoms with Crippen LogP contribution in [0.4, 0.5) is 0 Å². The topological polar surface area (TPSA) is 83.6 Å². The summed E-state index contributed by atoms with van der Waals surface area (Å²) in [5, 5.41) is 2.17. The third kappa shape index (κ3) is 2.52. The van der Waals surface area contributed by atoms with Gasteiger partial charge in [0.05, 0.1) is 11.1 Å². The van der Waals surface area contributed by atoms with Crippen molar-refractivity contribution in [3.8, 4) is 0 Å². The van der Waals surface area contributed by atoms with Crippen LogP contribution in [0, 0.1) is 0 Å². The fourth-order valence-corrected chi connectivity index (χ4v) is 2.75. The average molecular weight is 302 g/mol. The molecule has 2 aliphatic heterocycles. The summed E-state index contributed by atoms with van der Waals surface area (Å²) < 4.78 is 0. The summed E-state index contributed by atoms with van der Waals surface area (Å²) in [5.41, 5.74) is 1.17. The van der Waals surface area contributed by atoms with Crippen molar-refractivity contribution in [2.45, 2.75) is 39.2 Å². The molecule has 1 N–H and O–H groups in total. The molecule has 4 amide bonds. The van der Waals surface area contributed by atoms with Crippen molar-refractivity contribution in [3.63, 3.8) is 0 Å². The van der Waals surface area contributed by atoms with Gasteiger partial charge in [-0.15, -0.1) is 0 Å². The number of amides is 4. The van der Waals surface area contributed by atoms with Crippen LogP contribution in [-0.4, -0.2) is 34.6 Å². The van der Waals surface area contributed by atoms with E-state index < -0.39 is 23.8 Å². The molecule has 6 nitrogen and oxygen atoms in total. The van der Waals surface area contributed by atoms with Gasteiger partial charge >= 0.3 is 0 Å². The molecule has 0 saturated carbocycles. The van der Waals surface area contributed by atoms with Crippen LogP contribution in [0.2, 0.25) is 0 Å². The first-order valence-corrected chi connectivity index (χ1v) is 7.17. The molecule has 2 aliphatic rings. The number of carbonyl (C=O) groups is 4. The molecule has 1 atom stereocenters. The van der Waals surface area contributed by atoms with Gasteiger partial charge in [0.2, 0.25) is 11.8 Å². The minimum absolute atomic E-state index is 0.107. The minimum Gasteiger partial charge on any atom is -0.295 e. The second kappa shape index (κ2) is 6.09. The molecule has 0 aromatic carbocycles. The highest BCUT2D eigenvalue weighted by Crippen LogP contribution is 2.30. The van der Waals surface area contributed by atoms with E-state index in [1.165, 1.54) is 6.08 Å².